The van der Waals surface area contributed by atoms with Gasteiger partial charge in [0.15, 0.2) is 0 Å². The van der Waals surface area contributed by atoms with Crippen molar-refractivity contribution >= 4 is 17.3 Å². The van der Waals surface area contributed by atoms with E-state index in [-0.39, 0.29) is 12.5 Å². The summed E-state index contributed by atoms with van der Waals surface area (Å²) in [6.07, 6.45) is 0. The van der Waals surface area contributed by atoms with Crippen molar-refractivity contribution in [2.24, 2.45) is 11.7 Å². The summed E-state index contributed by atoms with van der Waals surface area (Å²) < 4.78 is 5.17. The highest BCUT2D eigenvalue weighted by molar-refractivity contribution is 5.80. The van der Waals surface area contributed by atoms with Crippen LogP contribution in [-0.2, 0) is 4.79 Å². The van der Waals surface area contributed by atoms with Crippen LogP contribution in [0.4, 0.5) is 11.4 Å². The standard InChI is InChI=1S/C13H21N3O2/c1-9(2)7-16(8-13(15)17)11-4-10(14)5-12(6-11)18-3/h4-6,9H,7-8,14H2,1-3H3,(H2,15,17). The van der Waals surface area contributed by atoms with E-state index < -0.39 is 0 Å². The summed E-state index contributed by atoms with van der Waals surface area (Å²) in [6.45, 7) is 5.06. The molecule has 1 rings (SSSR count). The van der Waals surface area contributed by atoms with E-state index in [4.69, 9.17) is 16.2 Å². The maximum atomic E-state index is 11.1. The van der Waals surface area contributed by atoms with E-state index >= 15 is 0 Å². The van der Waals surface area contributed by atoms with Crippen LogP contribution in [-0.4, -0.2) is 26.1 Å². The normalized spacial score (nSPS) is 10.4. The van der Waals surface area contributed by atoms with Crippen LogP contribution in [0.15, 0.2) is 18.2 Å². The number of anilines is 2. The van der Waals surface area contributed by atoms with E-state index in [1.807, 2.05) is 17.0 Å². The predicted molar refractivity (Wildman–Crippen MR) is 73.7 cm³/mol. The molecular weight excluding hydrogens is 230 g/mol. The molecule has 1 aromatic carbocycles. The van der Waals surface area contributed by atoms with Gasteiger partial charge in [-0.25, -0.2) is 0 Å². The van der Waals surface area contributed by atoms with Crippen LogP contribution >= 0.6 is 0 Å². The molecule has 0 aliphatic heterocycles. The second-order valence-corrected chi connectivity index (χ2v) is 4.71. The first kappa shape index (κ1) is 14.2. The largest absolute Gasteiger partial charge is 0.497 e. The Kier molecular flexibility index (Phi) is 4.83. The number of ether oxygens (including phenoxy) is 1. The molecule has 100 valence electrons. The summed E-state index contributed by atoms with van der Waals surface area (Å²) in [6, 6.07) is 5.40. The minimum atomic E-state index is -0.364. The zero-order valence-electron chi connectivity index (χ0n) is 11.1. The van der Waals surface area contributed by atoms with Crippen molar-refractivity contribution in [1.82, 2.24) is 0 Å². The fourth-order valence-corrected chi connectivity index (χ4v) is 1.80. The van der Waals surface area contributed by atoms with Gasteiger partial charge >= 0.3 is 0 Å². The summed E-state index contributed by atoms with van der Waals surface area (Å²) in [7, 11) is 1.58. The van der Waals surface area contributed by atoms with E-state index in [9.17, 15) is 4.79 Å². The van der Waals surface area contributed by atoms with E-state index in [0.29, 0.717) is 17.4 Å². The fourth-order valence-electron chi connectivity index (χ4n) is 1.80. The molecule has 0 aliphatic rings. The molecule has 0 heterocycles. The number of amides is 1. The van der Waals surface area contributed by atoms with Gasteiger partial charge in [-0.1, -0.05) is 13.8 Å². The van der Waals surface area contributed by atoms with Crippen LogP contribution in [0.2, 0.25) is 0 Å². The molecule has 1 aromatic rings. The summed E-state index contributed by atoms with van der Waals surface area (Å²) in [4.78, 5) is 13.0. The van der Waals surface area contributed by atoms with E-state index in [1.165, 1.54) is 0 Å². The smallest absolute Gasteiger partial charge is 0.236 e. The van der Waals surface area contributed by atoms with E-state index in [2.05, 4.69) is 13.8 Å². The minimum absolute atomic E-state index is 0.171. The van der Waals surface area contributed by atoms with Crippen molar-refractivity contribution in [2.75, 3.05) is 30.8 Å². The molecule has 0 saturated heterocycles. The number of benzene rings is 1. The highest BCUT2D eigenvalue weighted by Crippen LogP contribution is 2.25. The van der Waals surface area contributed by atoms with Crippen molar-refractivity contribution in [3.05, 3.63) is 18.2 Å². The molecule has 4 N–H and O–H groups in total. The third-order valence-electron chi connectivity index (χ3n) is 2.45. The SMILES string of the molecule is COc1cc(N)cc(N(CC(N)=O)CC(C)C)c1. The van der Waals surface area contributed by atoms with Crippen molar-refractivity contribution in [3.8, 4) is 5.75 Å². The zero-order valence-corrected chi connectivity index (χ0v) is 11.1. The number of carbonyl (C=O) groups is 1. The topological polar surface area (TPSA) is 81.6 Å². The van der Waals surface area contributed by atoms with Gasteiger partial charge in [0.05, 0.1) is 13.7 Å². The second-order valence-electron chi connectivity index (χ2n) is 4.71. The predicted octanol–water partition coefficient (Wildman–Crippen LogP) is 1.23. The molecule has 0 radical (unpaired) electrons. The average molecular weight is 251 g/mol. The fraction of sp³-hybridized carbons (Fsp3) is 0.462. The molecule has 0 atom stereocenters. The monoisotopic (exact) mass is 251 g/mol. The van der Waals surface area contributed by atoms with Crippen molar-refractivity contribution in [3.63, 3.8) is 0 Å². The van der Waals surface area contributed by atoms with Gasteiger partial charge in [0.2, 0.25) is 5.91 Å². The van der Waals surface area contributed by atoms with Crippen molar-refractivity contribution in [2.45, 2.75) is 13.8 Å². The Balaban J connectivity index is 3.02. The molecule has 5 heteroatoms. The van der Waals surface area contributed by atoms with Gasteiger partial charge < -0.3 is 21.1 Å². The number of nitrogens with two attached hydrogens (primary N) is 2. The van der Waals surface area contributed by atoms with Gasteiger partial charge in [-0.2, -0.15) is 0 Å². The Morgan fingerprint density at radius 2 is 2.06 bits per heavy atom. The number of rotatable bonds is 6. The average Bonchev–Trinajstić information content (AvgIpc) is 2.26. The summed E-state index contributed by atoms with van der Waals surface area (Å²) in [5.41, 5.74) is 12.5. The first-order valence-electron chi connectivity index (χ1n) is 5.90. The van der Waals surface area contributed by atoms with Gasteiger partial charge in [0.25, 0.3) is 0 Å². The van der Waals surface area contributed by atoms with Crippen LogP contribution in [0.5, 0.6) is 5.75 Å². The molecule has 18 heavy (non-hydrogen) atoms. The van der Waals surface area contributed by atoms with Crippen LogP contribution in [0.3, 0.4) is 0 Å². The minimum Gasteiger partial charge on any atom is -0.497 e. The van der Waals surface area contributed by atoms with Gasteiger partial charge in [0.1, 0.15) is 5.75 Å². The molecule has 0 bridgehead atoms. The zero-order chi connectivity index (χ0) is 13.7. The summed E-state index contributed by atoms with van der Waals surface area (Å²) in [5.74, 6) is 0.719. The number of hydrogen-bond donors (Lipinski definition) is 2. The second kappa shape index (κ2) is 6.14. The highest BCUT2D eigenvalue weighted by atomic mass is 16.5. The van der Waals surface area contributed by atoms with Crippen molar-refractivity contribution in [1.29, 1.82) is 0 Å². The van der Waals surface area contributed by atoms with Crippen LogP contribution in [0.1, 0.15) is 13.8 Å². The third kappa shape index (κ3) is 4.16. The Hall–Kier alpha value is -1.91. The molecule has 0 fully saturated rings. The number of methoxy groups -OCH3 is 1. The molecule has 0 saturated carbocycles. The first-order valence-corrected chi connectivity index (χ1v) is 5.90. The number of nitrogens with zero attached hydrogens (tertiary/aromatic N) is 1. The number of carbonyl (C=O) groups excluding carboxylic acids is 1. The van der Waals surface area contributed by atoms with E-state index in [1.54, 1.807) is 13.2 Å². The molecule has 0 aliphatic carbocycles. The van der Waals surface area contributed by atoms with Gasteiger partial charge in [-0.3, -0.25) is 4.79 Å². The highest BCUT2D eigenvalue weighted by Gasteiger charge is 2.12. The quantitative estimate of drug-likeness (QED) is 0.745. The summed E-state index contributed by atoms with van der Waals surface area (Å²) >= 11 is 0. The molecule has 1 amide bonds. The lowest BCUT2D eigenvalue weighted by molar-refractivity contribution is -0.116. The summed E-state index contributed by atoms with van der Waals surface area (Å²) in [5, 5.41) is 0. The molecule has 0 unspecified atom stereocenters. The maximum Gasteiger partial charge on any atom is 0.236 e. The van der Waals surface area contributed by atoms with E-state index in [0.717, 1.165) is 12.2 Å². The Morgan fingerprint density at radius 1 is 1.39 bits per heavy atom. The van der Waals surface area contributed by atoms with Gasteiger partial charge in [-0.05, 0) is 12.0 Å². The molecular formula is C13H21N3O2. The van der Waals surface area contributed by atoms with Crippen LogP contribution in [0.25, 0.3) is 0 Å². The van der Waals surface area contributed by atoms with Gasteiger partial charge in [0, 0.05) is 30.1 Å². The third-order valence-corrected chi connectivity index (χ3v) is 2.45. The van der Waals surface area contributed by atoms with Crippen LogP contribution < -0.4 is 21.1 Å². The van der Waals surface area contributed by atoms with Crippen LogP contribution in [0, 0.1) is 5.92 Å². The Bertz CT molecular complexity index is 419. The Labute approximate surface area is 108 Å². The maximum absolute atomic E-state index is 11.1. The molecule has 5 nitrogen and oxygen atoms in total. The lowest BCUT2D eigenvalue weighted by atomic mass is 10.1. The Morgan fingerprint density at radius 3 is 2.56 bits per heavy atom. The van der Waals surface area contributed by atoms with Gasteiger partial charge in [-0.15, -0.1) is 0 Å². The number of hydrogen-bond acceptors (Lipinski definition) is 4. The number of nitrogen functional groups attached to an aromatic ring is 1. The molecule has 0 spiro atoms. The lowest BCUT2D eigenvalue weighted by Gasteiger charge is -2.26. The molecule has 0 aromatic heterocycles. The van der Waals surface area contributed by atoms with Crippen molar-refractivity contribution < 1.29 is 9.53 Å². The lowest BCUT2D eigenvalue weighted by Crippen LogP contribution is -2.36. The number of primary amides is 1. The first-order chi connectivity index (χ1) is 8.42.